The summed E-state index contributed by atoms with van der Waals surface area (Å²) in [6.45, 7) is 13.0. The van der Waals surface area contributed by atoms with Gasteiger partial charge in [-0.2, -0.15) is 0 Å². The number of nitrogens with zero attached hydrogens (tertiary/aromatic N) is 3. The highest BCUT2D eigenvalue weighted by Crippen LogP contribution is 2.20. The minimum Gasteiger partial charge on any atom is -0.379 e. The van der Waals surface area contributed by atoms with E-state index < -0.39 is 0 Å². The largest absolute Gasteiger partial charge is 0.379 e. The van der Waals surface area contributed by atoms with Gasteiger partial charge in [0.25, 0.3) is 0 Å². The molecule has 0 aliphatic rings. The Labute approximate surface area is 155 Å². The molecule has 0 bridgehead atoms. The van der Waals surface area contributed by atoms with Crippen LogP contribution in [-0.4, -0.2) is 66.2 Å². The minimum atomic E-state index is 0.00986. The zero-order valence-electron chi connectivity index (χ0n) is 17.6. The summed E-state index contributed by atoms with van der Waals surface area (Å²) in [6.07, 6.45) is 6.85. The Balaban J connectivity index is 2.39. The van der Waals surface area contributed by atoms with Crippen LogP contribution in [0.2, 0.25) is 0 Å². The summed E-state index contributed by atoms with van der Waals surface area (Å²) in [4.78, 5) is 12.5. The van der Waals surface area contributed by atoms with Gasteiger partial charge in [-0.25, -0.2) is 4.98 Å². The fraction of sp³-hybridized carbons (Fsp3) is 0.850. The molecule has 0 aliphatic heterocycles. The molecule has 25 heavy (non-hydrogen) atoms. The van der Waals surface area contributed by atoms with Crippen molar-refractivity contribution in [2.24, 2.45) is 5.92 Å². The molecule has 0 aromatic carbocycles. The summed E-state index contributed by atoms with van der Waals surface area (Å²) >= 11 is 0. The molecule has 1 heterocycles. The monoisotopic (exact) mass is 352 g/mol. The highest BCUT2D eigenvalue weighted by atomic mass is 16.5. The maximum atomic E-state index is 5.52. The minimum absolute atomic E-state index is 0.00986. The zero-order valence-corrected chi connectivity index (χ0v) is 17.6. The number of hydrogen-bond acceptors (Lipinski definition) is 4. The van der Waals surface area contributed by atoms with Gasteiger partial charge in [-0.15, -0.1) is 0 Å². The van der Waals surface area contributed by atoms with E-state index in [1.54, 1.807) is 0 Å². The third-order valence-electron chi connectivity index (χ3n) is 4.98. The molecule has 1 aromatic rings. The van der Waals surface area contributed by atoms with Crippen LogP contribution in [-0.2, 0) is 11.3 Å². The SMILES string of the molecule is COC(C)(C)CCCC(C)CCN(CCN(C)C)Cc1cnc(C)[nH]1. The lowest BCUT2D eigenvalue weighted by atomic mass is 9.95. The third kappa shape index (κ3) is 9.97. The van der Waals surface area contributed by atoms with E-state index in [-0.39, 0.29) is 5.60 Å². The van der Waals surface area contributed by atoms with E-state index in [9.17, 15) is 0 Å². The van der Waals surface area contributed by atoms with E-state index in [4.69, 9.17) is 4.74 Å². The lowest BCUT2D eigenvalue weighted by Gasteiger charge is -2.26. The van der Waals surface area contributed by atoms with Crippen molar-refractivity contribution in [1.29, 1.82) is 0 Å². The number of aromatic amines is 1. The van der Waals surface area contributed by atoms with Gasteiger partial charge < -0.3 is 14.6 Å². The molecule has 1 atom stereocenters. The van der Waals surface area contributed by atoms with Gasteiger partial charge in [-0.3, -0.25) is 4.90 Å². The number of likely N-dealkylation sites (N-methyl/N-ethyl adjacent to an activating group) is 1. The van der Waals surface area contributed by atoms with Crippen molar-refractivity contribution >= 4 is 0 Å². The van der Waals surface area contributed by atoms with Gasteiger partial charge in [0.2, 0.25) is 0 Å². The standard InChI is InChI=1S/C20H40N4O/c1-17(9-8-11-20(3,4)25-7)10-12-24(14-13-23(5)6)16-19-15-21-18(2)22-19/h15,17H,8-14,16H2,1-7H3,(H,21,22). The maximum Gasteiger partial charge on any atom is 0.103 e. The van der Waals surface area contributed by atoms with Gasteiger partial charge in [0, 0.05) is 38.6 Å². The van der Waals surface area contributed by atoms with Crippen LogP contribution < -0.4 is 0 Å². The predicted molar refractivity (Wildman–Crippen MR) is 106 cm³/mol. The van der Waals surface area contributed by atoms with Crippen molar-refractivity contribution in [3.63, 3.8) is 0 Å². The van der Waals surface area contributed by atoms with Crippen molar-refractivity contribution in [3.8, 4) is 0 Å². The molecule has 5 nitrogen and oxygen atoms in total. The van der Waals surface area contributed by atoms with Crippen LogP contribution in [0.25, 0.3) is 0 Å². The molecule has 1 N–H and O–H groups in total. The first kappa shape index (κ1) is 22.1. The van der Waals surface area contributed by atoms with Gasteiger partial charge >= 0.3 is 0 Å². The Kier molecular flexibility index (Phi) is 9.69. The quantitative estimate of drug-likeness (QED) is 0.588. The topological polar surface area (TPSA) is 44.4 Å². The number of hydrogen-bond donors (Lipinski definition) is 1. The van der Waals surface area contributed by atoms with E-state index in [2.05, 4.69) is 54.6 Å². The van der Waals surface area contributed by atoms with E-state index >= 15 is 0 Å². The highest BCUT2D eigenvalue weighted by Gasteiger charge is 2.16. The lowest BCUT2D eigenvalue weighted by molar-refractivity contribution is 0.0126. The molecular weight excluding hydrogens is 312 g/mol. The first-order valence-corrected chi connectivity index (χ1v) is 9.64. The van der Waals surface area contributed by atoms with E-state index in [0.29, 0.717) is 0 Å². The number of imidazole rings is 1. The van der Waals surface area contributed by atoms with Gasteiger partial charge in [-0.1, -0.05) is 19.8 Å². The first-order chi connectivity index (χ1) is 11.7. The molecule has 1 rings (SSSR count). The molecule has 0 amide bonds. The number of aromatic nitrogens is 2. The third-order valence-corrected chi connectivity index (χ3v) is 4.98. The fourth-order valence-corrected chi connectivity index (χ4v) is 2.93. The molecule has 0 spiro atoms. The van der Waals surface area contributed by atoms with Crippen molar-refractivity contribution in [1.82, 2.24) is 19.8 Å². The molecule has 5 heteroatoms. The Morgan fingerprint density at radius 1 is 1.20 bits per heavy atom. The Bertz CT molecular complexity index is 470. The lowest BCUT2D eigenvalue weighted by Crippen LogP contribution is -2.33. The maximum absolute atomic E-state index is 5.52. The van der Waals surface area contributed by atoms with Crippen LogP contribution in [0.1, 0.15) is 58.0 Å². The van der Waals surface area contributed by atoms with E-state index in [0.717, 1.165) is 44.3 Å². The Morgan fingerprint density at radius 2 is 1.92 bits per heavy atom. The van der Waals surface area contributed by atoms with Crippen LogP contribution in [0, 0.1) is 12.8 Å². The molecule has 146 valence electrons. The van der Waals surface area contributed by atoms with Crippen LogP contribution in [0.3, 0.4) is 0 Å². The molecule has 0 radical (unpaired) electrons. The van der Waals surface area contributed by atoms with Crippen LogP contribution in [0.5, 0.6) is 0 Å². The summed E-state index contributed by atoms with van der Waals surface area (Å²) in [7, 11) is 6.08. The van der Waals surface area contributed by atoms with Crippen LogP contribution >= 0.6 is 0 Å². The average Bonchev–Trinajstić information content (AvgIpc) is 2.94. The first-order valence-electron chi connectivity index (χ1n) is 9.64. The van der Waals surface area contributed by atoms with Crippen LogP contribution in [0.4, 0.5) is 0 Å². The van der Waals surface area contributed by atoms with Gasteiger partial charge in [0.15, 0.2) is 0 Å². The molecule has 1 aromatic heterocycles. The number of aryl methyl sites for hydroxylation is 1. The molecule has 0 saturated heterocycles. The summed E-state index contributed by atoms with van der Waals surface area (Å²) < 4.78 is 5.52. The number of rotatable bonds is 13. The van der Waals surface area contributed by atoms with Crippen molar-refractivity contribution in [3.05, 3.63) is 17.7 Å². The second-order valence-electron chi connectivity index (χ2n) is 8.32. The number of methoxy groups -OCH3 is 1. The Morgan fingerprint density at radius 3 is 2.48 bits per heavy atom. The predicted octanol–water partition coefficient (Wildman–Crippen LogP) is 3.70. The second-order valence-corrected chi connectivity index (χ2v) is 8.32. The highest BCUT2D eigenvalue weighted by molar-refractivity contribution is 4.99. The smallest absolute Gasteiger partial charge is 0.103 e. The summed E-state index contributed by atoms with van der Waals surface area (Å²) in [5.41, 5.74) is 1.22. The molecule has 0 saturated carbocycles. The van der Waals surface area contributed by atoms with Crippen molar-refractivity contribution in [2.75, 3.05) is 40.8 Å². The Hall–Kier alpha value is -0.910. The number of ether oxygens (including phenoxy) is 1. The van der Waals surface area contributed by atoms with Crippen molar-refractivity contribution in [2.45, 2.75) is 65.5 Å². The van der Waals surface area contributed by atoms with Gasteiger partial charge in [-0.05, 0) is 60.2 Å². The van der Waals surface area contributed by atoms with Crippen molar-refractivity contribution < 1.29 is 4.74 Å². The second kappa shape index (κ2) is 10.9. The van der Waals surface area contributed by atoms with Gasteiger partial charge in [0.05, 0.1) is 5.60 Å². The molecule has 1 unspecified atom stereocenters. The zero-order chi connectivity index (χ0) is 18.9. The molecule has 0 fully saturated rings. The summed E-state index contributed by atoms with van der Waals surface area (Å²) in [6, 6.07) is 0. The van der Waals surface area contributed by atoms with Crippen LogP contribution in [0.15, 0.2) is 6.20 Å². The normalized spacial score (nSPS) is 13.8. The summed E-state index contributed by atoms with van der Waals surface area (Å²) in [5.74, 6) is 1.75. The summed E-state index contributed by atoms with van der Waals surface area (Å²) in [5, 5.41) is 0. The van der Waals surface area contributed by atoms with Gasteiger partial charge in [0.1, 0.15) is 5.82 Å². The number of H-pyrrole nitrogens is 1. The van der Waals surface area contributed by atoms with E-state index in [1.165, 1.54) is 25.0 Å². The molecular formula is C20H40N4O. The van der Waals surface area contributed by atoms with E-state index in [1.807, 2.05) is 20.2 Å². The average molecular weight is 353 g/mol. The fourth-order valence-electron chi connectivity index (χ4n) is 2.93. The number of nitrogens with one attached hydrogen (secondary N) is 1. The molecule has 0 aliphatic carbocycles.